The summed E-state index contributed by atoms with van der Waals surface area (Å²) in [6.07, 6.45) is 0. The summed E-state index contributed by atoms with van der Waals surface area (Å²) in [6.45, 7) is 0.158. The molecule has 0 spiro atoms. The van der Waals surface area contributed by atoms with Crippen molar-refractivity contribution in [3.05, 3.63) is 0 Å². The van der Waals surface area contributed by atoms with E-state index in [1.165, 1.54) is 0 Å². The molecule has 10 heteroatoms. The molecule has 0 radical (unpaired) electrons. The van der Waals surface area contributed by atoms with Crippen molar-refractivity contribution in [3.8, 4) is 0 Å². The van der Waals surface area contributed by atoms with Crippen molar-refractivity contribution >= 4 is 41.9 Å². The summed E-state index contributed by atoms with van der Waals surface area (Å²) in [4.78, 5) is 19.8. The van der Waals surface area contributed by atoms with Crippen LogP contribution >= 0.6 is 22.6 Å². The van der Waals surface area contributed by atoms with E-state index in [0.717, 1.165) is 0 Å². The van der Waals surface area contributed by atoms with Crippen LogP contribution in [-0.4, -0.2) is 45.4 Å². The summed E-state index contributed by atoms with van der Waals surface area (Å²) >= 11 is 1.97. The molecular formula is C4H7BILiO7. The molecule has 0 aliphatic carbocycles. The van der Waals surface area contributed by atoms with Crippen LogP contribution in [0, 0.1) is 0 Å². The maximum atomic E-state index is 10.1. The second-order valence-electron chi connectivity index (χ2n) is 1.46. The van der Waals surface area contributed by atoms with Crippen LogP contribution < -0.4 is 23.9 Å². The van der Waals surface area contributed by atoms with E-state index in [4.69, 9.17) is 20.2 Å². The van der Waals surface area contributed by atoms with Crippen LogP contribution in [0.25, 0.3) is 0 Å². The zero-order valence-electron chi connectivity index (χ0n) is 7.34. The van der Waals surface area contributed by atoms with Gasteiger partial charge in [0, 0.05) is 4.43 Å². The Morgan fingerprint density at radius 2 is 1.79 bits per heavy atom. The molecule has 14 heavy (non-hydrogen) atoms. The molecule has 0 rings (SSSR count). The van der Waals surface area contributed by atoms with Crippen molar-refractivity contribution in [3.63, 3.8) is 0 Å². The number of alkyl halides is 1. The number of rotatable bonds is 2. The van der Waals surface area contributed by atoms with Gasteiger partial charge in [0.25, 0.3) is 0 Å². The van der Waals surface area contributed by atoms with Crippen LogP contribution in [0.15, 0.2) is 0 Å². The quantitative estimate of drug-likeness (QED) is 0.152. The van der Waals surface area contributed by atoms with E-state index in [2.05, 4.69) is 4.74 Å². The molecule has 0 saturated carbocycles. The van der Waals surface area contributed by atoms with Crippen molar-refractivity contribution in [2.24, 2.45) is 0 Å². The Morgan fingerprint density at radius 3 is 2.00 bits per heavy atom. The second-order valence-corrected chi connectivity index (χ2v) is 2.54. The van der Waals surface area contributed by atoms with Gasteiger partial charge < -0.3 is 24.9 Å². The van der Waals surface area contributed by atoms with Gasteiger partial charge in [-0.15, -0.1) is 0 Å². The number of halogens is 1. The molecule has 0 fully saturated rings. The number of carbonyl (C=O) groups is 2. The van der Waals surface area contributed by atoms with Crippen molar-refractivity contribution in [1.82, 2.24) is 0 Å². The molecule has 3 N–H and O–H groups in total. The topological polar surface area (TPSA) is 127 Å². The van der Waals surface area contributed by atoms with Gasteiger partial charge in [0.1, 0.15) is 6.61 Å². The first-order valence-electron chi connectivity index (χ1n) is 2.89. The largest absolute Gasteiger partial charge is 1.00 e. The van der Waals surface area contributed by atoms with Crippen LogP contribution in [0.3, 0.4) is 0 Å². The predicted octanol–water partition coefficient (Wildman–Crippen LogP) is -5.63. The average Bonchev–Trinajstić information content (AvgIpc) is 1.98. The Morgan fingerprint density at radius 1 is 1.43 bits per heavy atom. The van der Waals surface area contributed by atoms with Crippen LogP contribution in [0.2, 0.25) is 0 Å². The molecule has 0 aromatic rings. The standard InChI is InChI=1S/C4H5IO4.BH2O3.Li/c5-1-2-9-4(8)3(6)7;2-1(3)4;/h1-2H2,(H,6,7);2-3H;/q;-1;+1. The minimum atomic E-state index is -2.42. The molecule has 76 valence electrons. The third kappa shape index (κ3) is 22.8. The summed E-state index contributed by atoms with van der Waals surface area (Å²) < 4.78 is 4.81. The molecule has 0 heterocycles. The smallest absolute Gasteiger partial charge is 0.832 e. The number of carbonyl (C=O) groups excluding carboxylic acids is 1. The molecule has 0 saturated heterocycles. The summed E-state index contributed by atoms with van der Waals surface area (Å²) in [7, 11) is -2.42. The van der Waals surface area contributed by atoms with Gasteiger partial charge in [-0.05, 0) is 0 Å². The van der Waals surface area contributed by atoms with E-state index in [-0.39, 0.29) is 25.5 Å². The van der Waals surface area contributed by atoms with Crippen LogP contribution in [0.4, 0.5) is 0 Å². The summed E-state index contributed by atoms with van der Waals surface area (Å²) in [5.41, 5.74) is 0. The Hall–Kier alpha value is 0.212. The first-order valence-corrected chi connectivity index (χ1v) is 4.42. The van der Waals surface area contributed by atoms with E-state index in [1.54, 1.807) is 0 Å². The number of hydrogen-bond donors (Lipinski definition) is 3. The van der Waals surface area contributed by atoms with E-state index >= 15 is 0 Å². The van der Waals surface area contributed by atoms with Gasteiger partial charge in [-0.2, -0.15) is 0 Å². The van der Waals surface area contributed by atoms with E-state index < -0.39 is 19.3 Å². The predicted molar refractivity (Wildman–Crippen MR) is 47.7 cm³/mol. The second kappa shape index (κ2) is 13.2. The molecule has 7 nitrogen and oxygen atoms in total. The zero-order chi connectivity index (χ0) is 10.9. The molecular weight excluding hydrogens is 305 g/mol. The molecule has 0 aromatic heterocycles. The molecule has 0 atom stereocenters. The number of ether oxygens (including phenoxy) is 1. The number of carboxylic acids is 1. The maximum Gasteiger partial charge on any atom is 1.00 e. The van der Waals surface area contributed by atoms with Crippen molar-refractivity contribution in [2.75, 3.05) is 11.0 Å². The molecule has 0 aromatic carbocycles. The van der Waals surface area contributed by atoms with Crippen molar-refractivity contribution in [2.45, 2.75) is 0 Å². The van der Waals surface area contributed by atoms with Gasteiger partial charge in [-0.3, -0.25) is 0 Å². The van der Waals surface area contributed by atoms with Crippen molar-refractivity contribution < 1.29 is 53.4 Å². The number of aliphatic carboxylic acids is 1. The number of hydrogen-bond acceptors (Lipinski definition) is 6. The summed E-state index contributed by atoms with van der Waals surface area (Å²) in [5, 5.41) is 30.7. The van der Waals surface area contributed by atoms with E-state index in [1.807, 2.05) is 22.6 Å². The monoisotopic (exact) mass is 312 g/mol. The normalized spacial score (nSPS) is 7.43. The molecule has 0 aliphatic rings. The third-order valence-electron chi connectivity index (χ3n) is 0.485. The average molecular weight is 312 g/mol. The van der Waals surface area contributed by atoms with Crippen LogP contribution in [0.5, 0.6) is 0 Å². The maximum absolute atomic E-state index is 10.1. The zero-order valence-corrected chi connectivity index (χ0v) is 9.50. The first kappa shape index (κ1) is 19.7. The molecule has 0 aliphatic heterocycles. The van der Waals surface area contributed by atoms with Gasteiger partial charge in [0.2, 0.25) is 0 Å². The third-order valence-corrected chi connectivity index (χ3v) is 0.925. The molecule has 0 amide bonds. The van der Waals surface area contributed by atoms with Gasteiger partial charge in [0.15, 0.2) is 0 Å². The van der Waals surface area contributed by atoms with Crippen LogP contribution in [0.1, 0.15) is 0 Å². The van der Waals surface area contributed by atoms with E-state index in [0.29, 0.717) is 4.43 Å². The van der Waals surface area contributed by atoms with Gasteiger partial charge in [0.05, 0.1) is 0 Å². The minimum Gasteiger partial charge on any atom is -0.832 e. The summed E-state index contributed by atoms with van der Waals surface area (Å²) in [5.74, 6) is -2.73. The molecule has 0 bridgehead atoms. The fourth-order valence-corrected chi connectivity index (χ4v) is 0.413. The van der Waals surface area contributed by atoms with Crippen molar-refractivity contribution in [1.29, 1.82) is 0 Å². The first-order chi connectivity index (χ1) is 5.91. The Labute approximate surface area is 106 Å². The fourth-order valence-electron chi connectivity index (χ4n) is 0.193. The fraction of sp³-hybridized carbons (Fsp3) is 0.500. The van der Waals surface area contributed by atoms with Gasteiger partial charge in [-0.1, -0.05) is 22.6 Å². The van der Waals surface area contributed by atoms with Gasteiger partial charge >= 0.3 is 38.1 Å². The van der Waals surface area contributed by atoms with E-state index in [9.17, 15) is 9.59 Å². The Balaban J connectivity index is -0.000000209. The van der Waals surface area contributed by atoms with Gasteiger partial charge in [-0.25, -0.2) is 9.59 Å². The Kier molecular flexibility index (Phi) is 18.6. The number of carboxylic acid groups (broad SMARTS) is 1. The molecule has 0 unspecified atom stereocenters. The summed E-state index contributed by atoms with van der Waals surface area (Å²) in [6, 6.07) is 0. The van der Waals surface area contributed by atoms with Crippen LogP contribution in [-0.2, 0) is 14.3 Å². The SMILES string of the molecule is O=C(O)C(=O)OCCI.[Li+].[O-]B(O)O. The Bertz CT molecular complexity index is 163. The minimum absolute atomic E-state index is 0. The number of esters is 1.